The number of nitriles is 2. The first-order valence-corrected chi connectivity index (χ1v) is 10.4. The molecule has 2 rings (SSSR count). The number of aryl methyl sites for hydroxylation is 1. The Balaban J connectivity index is 2.03. The summed E-state index contributed by atoms with van der Waals surface area (Å²) in [7, 11) is 0. The van der Waals surface area contributed by atoms with E-state index in [-0.39, 0.29) is 35.9 Å². The van der Waals surface area contributed by atoms with Crippen molar-refractivity contribution in [3.8, 4) is 12.1 Å². The van der Waals surface area contributed by atoms with Crippen LogP contribution in [-0.4, -0.2) is 30.6 Å². The number of non-ortho nitro benzene ring substituents is 1. The molecule has 33 heavy (non-hydrogen) atoms. The van der Waals surface area contributed by atoms with Gasteiger partial charge in [-0.2, -0.15) is 15.6 Å². The Morgan fingerprint density at radius 3 is 2.52 bits per heavy atom. The number of unbranched alkanes of at least 4 members (excludes halogenated alkanes) is 1. The maximum atomic E-state index is 11.5. The number of carbonyl (C=O) groups is 1. The Hall–Kier alpha value is -4.31. The standard InChI is InChI=1S/C23H24N6O4/c1-3-28(12-5-4-6-23(30)33-13-11-24)19-7-9-21(17(2)14-19)26-27-22-10-8-20(29(31)32)15-18(22)16-25/h7-10,14-15H,3-6,12-13H2,1-2H3. The lowest BCUT2D eigenvalue weighted by Crippen LogP contribution is -2.24. The van der Waals surface area contributed by atoms with Crippen LogP contribution in [0.5, 0.6) is 0 Å². The number of hydrogen-bond donors (Lipinski definition) is 0. The van der Waals surface area contributed by atoms with Crippen molar-refractivity contribution < 1.29 is 14.5 Å². The maximum Gasteiger partial charge on any atom is 0.306 e. The predicted octanol–water partition coefficient (Wildman–Crippen LogP) is 5.25. The van der Waals surface area contributed by atoms with E-state index < -0.39 is 4.92 Å². The van der Waals surface area contributed by atoms with E-state index in [4.69, 9.17) is 10.00 Å². The van der Waals surface area contributed by atoms with Crippen LogP contribution in [0.1, 0.15) is 37.3 Å². The fourth-order valence-corrected chi connectivity index (χ4v) is 3.10. The Labute approximate surface area is 191 Å². The quantitative estimate of drug-likeness (QED) is 0.150. The number of hydrogen-bond acceptors (Lipinski definition) is 9. The van der Waals surface area contributed by atoms with Gasteiger partial charge in [0, 0.05) is 37.3 Å². The number of rotatable bonds is 11. The first kappa shape index (κ1) is 25.0. The number of anilines is 1. The fourth-order valence-electron chi connectivity index (χ4n) is 3.10. The van der Waals surface area contributed by atoms with Crippen molar-refractivity contribution in [1.29, 1.82) is 10.5 Å². The van der Waals surface area contributed by atoms with E-state index in [1.807, 2.05) is 38.1 Å². The second-order valence-corrected chi connectivity index (χ2v) is 7.10. The molecule has 2 aromatic carbocycles. The van der Waals surface area contributed by atoms with Crippen LogP contribution in [0, 0.1) is 39.7 Å². The minimum Gasteiger partial charge on any atom is -0.450 e. The summed E-state index contributed by atoms with van der Waals surface area (Å²) < 4.78 is 4.74. The second kappa shape index (κ2) is 12.5. The highest BCUT2D eigenvalue weighted by Crippen LogP contribution is 2.29. The highest BCUT2D eigenvalue weighted by molar-refractivity contribution is 5.69. The van der Waals surface area contributed by atoms with Gasteiger partial charge in [0.05, 0.1) is 16.2 Å². The molecule has 0 spiro atoms. The molecule has 0 aliphatic heterocycles. The van der Waals surface area contributed by atoms with Gasteiger partial charge < -0.3 is 9.64 Å². The molecule has 0 N–H and O–H groups in total. The number of carbonyl (C=O) groups excluding carboxylic acids is 1. The average molecular weight is 448 g/mol. The number of nitro benzene ring substituents is 1. The van der Waals surface area contributed by atoms with Crippen LogP contribution >= 0.6 is 0 Å². The van der Waals surface area contributed by atoms with Gasteiger partial charge in [-0.3, -0.25) is 14.9 Å². The van der Waals surface area contributed by atoms with Gasteiger partial charge in [0.2, 0.25) is 0 Å². The third kappa shape index (κ3) is 7.40. The van der Waals surface area contributed by atoms with Gasteiger partial charge in [0.1, 0.15) is 17.8 Å². The number of azo groups is 1. The summed E-state index contributed by atoms with van der Waals surface area (Å²) in [6.07, 6.45) is 1.75. The van der Waals surface area contributed by atoms with Crippen LogP contribution < -0.4 is 4.90 Å². The molecule has 0 amide bonds. The van der Waals surface area contributed by atoms with Gasteiger partial charge in [-0.25, -0.2) is 0 Å². The molecule has 0 atom stereocenters. The smallest absolute Gasteiger partial charge is 0.306 e. The zero-order valence-electron chi connectivity index (χ0n) is 18.5. The molecule has 0 aliphatic rings. The Bertz CT molecular complexity index is 1120. The lowest BCUT2D eigenvalue weighted by Gasteiger charge is -2.23. The Morgan fingerprint density at radius 2 is 1.88 bits per heavy atom. The minimum absolute atomic E-state index is 0.0795. The van der Waals surface area contributed by atoms with Crippen molar-refractivity contribution in [2.75, 3.05) is 24.6 Å². The van der Waals surface area contributed by atoms with E-state index in [1.165, 1.54) is 18.2 Å². The minimum atomic E-state index is -0.565. The number of nitrogens with zero attached hydrogens (tertiary/aromatic N) is 6. The van der Waals surface area contributed by atoms with Crippen molar-refractivity contribution in [2.45, 2.75) is 33.1 Å². The third-order valence-electron chi connectivity index (χ3n) is 4.86. The first-order chi connectivity index (χ1) is 15.9. The molecule has 10 nitrogen and oxygen atoms in total. The Kier molecular flexibility index (Phi) is 9.47. The van der Waals surface area contributed by atoms with Gasteiger partial charge in [0.15, 0.2) is 6.61 Å². The third-order valence-corrected chi connectivity index (χ3v) is 4.86. The summed E-state index contributed by atoms with van der Waals surface area (Å²) in [6, 6.07) is 13.3. The molecule has 170 valence electrons. The molecule has 10 heteroatoms. The predicted molar refractivity (Wildman–Crippen MR) is 121 cm³/mol. The van der Waals surface area contributed by atoms with E-state index in [2.05, 4.69) is 15.1 Å². The summed E-state index contributed by atoms with van der Waals surface area (Å²) in [5.74, 6) is -0.363. The molecule has 0 fully saturated rings. The number of benzene rings is 2. The van der Waals surface area contributed by atoms with E-state index in [9.17, 15) is 20.2 Å². The van der Waals surface area contributed by atoms with Crippen LogP contribution in [0.25, 0.3) is 0 Å². The van der Waals surface area contributed by atoms with Crippen LogP contribution in [0.4, 0.5) is 22.7 Å². The SMILES string of the molecule is CCN(CCCCC(=O)OCC#N)c1ccc(N=Nc2ccc([N+](=O)[O-])cc2C#N)c(C)c1. The molecule has 2 aromatic rings. The van der Waals surface area contributed by atoms with Crippen molar-refractivity contribution in [1.82, 2.24) is 0 Å². The highest BCUT2D eigenvalue weighted by Gasteiger charge is 2.11. The van der Waals surface area contributed by atoms with Crippen LogP contribution in [-0.2, 0) is 9.53 Å². The van der Waals surface area contributed by atoms with Gasteiger partial charge in [0.25, 0.3) is 5.69 Å². The summed E-state index contributed by atoms with van der Waals surface area (Å²) in [6.45, 7) is 5.27. The summed E-state index contributed by atoms with van der Waals surface area (Å²) in [4.78, 5) is 24.0. The van der Waals surface area contributed by atoms with Gasteiger partial charge in [-0.15, -0.1) is 5.11 Å². The summed E-state index contributed by atoms with van der Waals surface area (Å²) >= 11 is 0. The van der Waals surface area contributed by atoms with Gasteiger partial charge in [-0.1, -0.05) is 0 Å². The summed E-state index contributed by atoms with van der Waals surface area (Å²) in [5.41, 5.74) is 2.68. The fraction of sp³-hybridized carbons (Fsp3) is 0.348. The topological polar surface area (TPSA) is 145 Å². The van der Waals surface area contributed by atoms with Crippen LogP contribution in [0.2, 0.25) is 0 Å². The molecule has 0 saturated carbocycles. The molecule has 0 saturated heterocycles. The zero-order chi connectivity index (χ0) is 24.2. The van der Waals surface area contributed by atoms with Gasteiger partial charge >= 0.3 is 5.97 Å². The van der Waals surface area contributed by atoms with Gasteiger partial charge in [-0.05, 0) is 56.5 Å². The lowest BCUT2D eigenvalue weighted by atomic mass is 10.1. The number of esters is 1. The van der Waals surface area contributed by atoms with E-state index in [0.29, 0.717) is 12.1 Å². The molecular formula is C23H24N6O4. The molecule has 0 bridgehead atoms. The van der Waals surface area contributed by atoms with Crippen molar-refractivity contribution in [3.63, 3.8) is 0 Å². The van der Waals surface area contributed by atoms with Crippen LogP contribution in [0.3, 0.4) is 0 Å². The molecule has 0 radical (unpaired) electrons. The molecule has 0 aromatic heterocycles. The maximum absolute atomic E-state index is 11.5. The molecule has 0 unspecified atom stereocenters. The zero-order valence-corrected chi connectivity index (χ0v) is 18.5. The van der Waals surface area contributed by atoms with E-state index in [0.717, 1.165) is 30.8 Å². The van der Waals surface area contributed by atoms with E-state index >= 15 is 0 Å². The van der Waals surface area contributed by atoms with Crippen molar-refractivity contribution >= 4 is 28.7 Å². The van der Waals surface area contributed by atoms with E-state index in [1.54, 1.807) is 6.07 Å². The van der Waals surface area contributed by atoms with Crippen molar-refractivity contribution in [3.05, 3.63) is 57.6 Å². The number of nitro groups is 1. The monoisotopic (exact) mass is 448 g/mol. The summed E-state index contributed by atoms with van der Waals surface area (Å²) in [5, 5.41) is 36.9. The molecular weight excluding hydrogens is 424 g/mol. The second-order valence-electron chi connectivity index (χ2n) is 7.10. The Morgan fingerprint density at radius 1 is 1.15 bits per heavy atom. The normalized spacial score (nSPS) is 10.4. The highest BCUT2D eigenvalue weighted by atomic mass is 16.6. The average Bonchev–Trinajstić information content (AvgIpc) is 2.81. The lowest BCUT2D eigenvalue weighted by molar-refractivity contribution is -0.384. The van der Waals surface area contributed by atoms with Crippen LogP contribution in [0.15, 0.2) is 46.6 Å². The molecule has 0 aliphatic carbocycles. The van der Waals surface area contributed by atoms with Crippen molar-refractivity contribution in [2.24, 2.45) is 10.2 Å². The largest absolute Gasteiger partial charge is 0.450 e. The number of ether oxygens (including phenoxy) is 1. The first-order valence-electron chi connectivity index (χ1n) is 10.4. The molecule has 0 heterocycles.